The molecule has 0 aromatic heterocycles. The van der Waals surface area contributed by atoms with E-state index >= 15 is 0 Å². The average molecular weight is 457 g/mol. The molecule has 170 valence electrons. The number of aryl methyl sites for hydroxylation is 1. The van der Waals surface area contributed by atoms with Gasteiger partial charge in [0, 0.05) is 5.41 Å². The third-order valence-corrected chi connectivity index (χ3v) is 13.3. The molecule has 0 unspecified atom stereocenters. The van der Waals surface area contributed by atoms with Crippen molar-refractivity contribution in [1.29, 1.82) is 0 Å². The van der Waals surface area contributed by atoms with Crippen LogP contribution in [0.2, 0.25) is 39.3 Å². The largest absolute Gasteiger partial charge is 0.468 e. The van der Waals surface area contributed by atoms with E-state index < -0.39 is 21.6 Å². The number of ether oxygens (including phenoxy) is 1. The number of carbonyl (C=O) groups excluding carboxylic acids is 2. The zero-order chi connectivity index (χ0) is 23.0. The predicted octanol–water partition coefficient (Wildman–Crippen LogP) is 4.75. The van der Waals surface area contributed by atoms with Gasteiger partial charge in [-0.1, -0.05) is 61.8 Å². The lowest BCUT2D eigenvalue weighted by Gasteiger charge is -2.56. The van der Waals surface area contributed by atoms with Gasteiger partial charge in [0.2, 0.25) is 0 Å². The number of ketones is 1. The van der Waals surface area contributed by atoms with E-state index in [4.69, 9.17) is 4.74 Å². The Labute approximate surface area is 190 Å². The number of esters is 1. The van der Waals surface area contributed by atoms with Crippen LogP contribution in [0.25, 0.3) is 0 Å². The standard InChI is InChI=1S/C26H40O3Si2/c1-17(27)26(24(28)29-2)19-9-10-21-20-16-23(31(6,7)8)22(30(3,4)5)15-18(20)11-13-25(21,26)14-12-19/h15-16,19,21H,9-14H2,1-8H3/t19-,21+,25-,26-/m0/s1. The summed E-state index contributed by atoms with van der Waals surface area (Å²) in [6.07, 6.45) is 5.93. The Morgan fingerprint density at radius 1 is 0.935 bits per heavy atom. The summed E-state index contributed by atoms with van der Waals surface area (Å²) in [6, 6.07) is 5.11. The van der Waals surface area contributed by atoms with E-state index in [1.807, 2.05) is 0 Å². The highest BCUT2D eigenvalue weighted by Crippen LogP contribution is 2.72. The molecular weight excluding hydrogens is 416 g/mol. The Morgan fingerprint density at radius 3 is 2.10 bits per heavy atom. The summed E-state index contributed by atoms with van der Waals surface area (Å²) in [6.45, 7) is 16.4. The summed E-state index contributed by atoms with van der Waals surface area (Å²) < 4.78 is 5.36. The second-order valence-electron chi connectivity index (χ2n) is 12.5. The van der Waals surface area contributed by atoms with Crippen LogP contribution in [-0.4, -0.2) is 35.0 Å². The summed E-state index contributed by atoms with van der Waals surface area (Å²) >= 11 is 0. The van der Waals surface area contributed by atoms with Gasteiger partial charge in [0.25, 0.3) is 0 Å². The summed E-state index contributed by atoms with van der Waals surface area (Å²) in [5.74, 6) is 0.218. The fourth-order valence-electron chi connectivity index (χ4n) is 7.77. The van der Waals surface area contributed by atoms with Crippen LogP contribution < -0.4 is 10.4 Å². The lowest BCUT2D eigenvalue weighted by atomic mass is 9.46. The monoisotopic (exact) mass is 456 g/mol. The first-order valence-electron chi connectivity index (χ1n) is 12.1. The van der Waals surface area contributed by atoms with Gasteiger partial charge in [0.05, 0.1) is 23.3 Å². The summed E-state index contributed by atoms with van der Waals surface area (Å²) in [5, 5.41) is 3.24. The van der Waals surface area contributed by atoms with Crippen LogP contribution in [0.3, 0.4) is 0 Å². The van der Waals surface area contributed by atoms with Crippen molar-refractivity contribution in [1.82, 2.24) is 0 Å². The van der Waals surface area contributed by atoms with E-state index in [1.54, 1.807) is 17.3 Å². The molecule has 31 heavy (non-hydrogen) atoms. The van der Waals surface area contributed by atoms with E-state index in [2.05, 4.69) is 51.4 Å². The molecule has 2 saturated carbocycles. The Balaban J connectivity index is 1.96. The molecule has 0 aliphatic heterocycles. The Kier molecular flexibility index (Phi) is 5.29. The van der Waals surface area contributed by atoms with E-state index in [9.17, 15) is 9.59 Å². The average Bonchev–Trinajstić information content (AvgIpc) is 2.86. The zero-order valence-corrected chi connectivity index (χ0v) is 22.8. The van der Waals surface area contributed by atoms with Crippen molar-refractivity contribution >= 4 is 38.3 Å². The molecule has 1 spiro atoms. The highest BCUT2D eigenvalue weighted by Gasteiger charge is 2.72. The Morgan fingerprint density at radius 2 is 1.55 bits per heavy atom. The van der Waals surface area contributed by atoms with Crippen molar-refractivity contribution in [2.45, 2.75) is 90.6 Å². The Hall–Kier alpha value is -1.21. The van der Waals surface area contributed by atoms with Crippen LogP contribution >= 0.6 is 0 Å². The molecule has 0 radical (unpaired) electrons. The SMILES string of the molecule is COC(=O)[C@]1(C(C)=O)[C@H]2CC[C@@H]3c4cc([Si](C)(C)C)c([Si](C)(C)C)cc4CC[C@]31CC2. The maximum Gasteiger partial charge on any atom is 0.320 e. The lowest BCUT2D eigenvalue weighted by Crippen LogP contribution is -2.60. The van der Waals surface area contributed by atoms with Crippen LogP contribution in [0.1, 0.15) is 56.1 Å². The van der Waals surface area contributed by atoms with Gasteiger partial charge < -0.3 is 4.74 Å². The fourth-order valence-corrected chi connectivity index (χ4v) is 13.0. The summed E-state index contributed by atoms with van der Waals surface area (Å²) in [4.78, 5) is 26.6. The number of benzene rings is 1. The third-order valence-electron chi connectivity index (χ3n) is 8.98. The van der Waals surface area contributed by atoms with Crippen LogP contribution in [-0.2, 0) is 20.7 Å². The molecule has 1 aromatic rings. The van der Waals surface area contributed by atoms with Crippen molar-refractivity contribution in [2.24, 2.45) is 16.7 Å². The second-order valence-corrected chi connectivity index (χ2v) is 22.6. The Bertz CT molecular complexity index is 939. The number of rotatable bonds is 4. The predicted molar refractivity (Wildman–Crippen MR) is 133 cm³/mol. The van der Waals surface area contributed by atoms with Crippen molar-refractivity contribution in [2.75, 3.05) is 7.11 Å². The first-order chi connectivity index (χ1) is 14.3. The van der Waals surface area contributed by atoms with Gasteiger partial charge in [-0.15, -0.1) is 0 Å². The number of methoxy groups -OCH3 is 1. The van der Waals surface area contributed by atoms with Gasteiger partial charge in [-0.3, -0.25) is 9.59 Å². The molecule has 1 aromatic carbocycles. The second kappa shape index (κ2) is 7.15. The minimum atomic E-state index is -1.54. The van der Waals surface area contributed by atoms with Crippen LogP contribution in [0.15, 0.2) is 12.1 Å². The van der Waals surface area contributed by atoms with Crippen LogP contribution in [0.4, 0.5) is 0 Å². The number of hydrogen-bond acceptors (Lipinski definition) is 3. The smallest absolute Gasteiger partial charge is 0.320 e. The van der Waals surface area contributed by atoms with E-state index in [0.29, 0.717) is 5.92 Å². The maximum absolute atomic E-state index is 13.3. The van der Waals surface area contributed by atoms with E-state index in [-0.39, 0.29) is 23.1 Å². The molecular formula is C26H40O3Si2. The normalized spacial score (nSPS) is 32.3. The minimum Gasteiger partial charge on any atom is -0.468 e. The molecule has 0 heterocycles. The van der Waals surface area contributed by atoms with Gasteiger partial charge in [-0.05, 0) is 68.4 Å². The molecule has 4 rings (SSSR count). The molecule has 2 fully saturated rings. The number of carbonyl (C=O) groups is 2. The first-order valence-corrected chi connectivity index (χ1v) is 19.1. The topological polar surface area (TPSA) is 43.4 Å². The van der Waals surface area contributed by atoms with Crippen molar-refractivity contribution < 1.29 is 14.3 Å². The van der Waals surface area contributed by atoms with Gasteiger partial charge in [-0.25, -0.2) is 0 Å². The highest BCUT2D eigenvalue weighted by atomic mass is 28.3. The molecule has 3 aliphatic rings. The van der Waals surface area contributed by atoms with E-state index in [1.165, 1.54) is 18.2 Å². The molecule has 5 heteroatoms. The molecule has 0 N–H and O–H groups in total. The lowest BCUT2D eigenvalue weighted by molar-refractivity contribution is -0.176. The van der Waals surface area contributed by atoms with Gasteiger partial charge in [0.15, 0.2) is 0 Å². The van der Waals surface area contributed by atoms with Crippen molar-refractivity contribution in [3.63, 3.8) is 0 Å². The van der Waals surface area contributed by atoms with Gasteiger partial charge in [-0.2, -0.15) is 0 Å². The van der Waals surface area contributed by atoms with Crippen molar-refractivity contribution in [3.8, 4) is 0 Å². The highest BCUT2D eigenvalue weighted by molar-refractivity contribution is 6.98. The quantitative estimate of drug-likeness (QED) is 0.373. The summed E-state index contributed by atoms with van der Waals surface area (Å²) in [5.41, 5.74) is 1.74. The van der Waals surface area contributed by atoms with Crippen LogP contribution in [0.5, 0.6) is 0 Å². The number of hydrogen-bond donors (Lipinski definition) is 0. The van der Waals surface area contributed by atoms with Crippen LogP contribution in [0, 0.1) is 16.7 Å². The fraction of sp³-hybridized carbons (Fsp3) is 0.692. The first kappa shape index (κ1) is 23.0. The molecule has 0 amide bonds. The zero-order valence-electron chi connectivity index (χ0n) is 20.8. The maximum atomic E-state index is 13.3. The number of fused-ring (bicyclic) bond motifs is 3. The minimum absolute atomic E-state index is 0.0409. The molecule has 4 atom stereocenters. The molecule has 3 nitrogen and oxygen atoms in total. The molecule has 3 aliphatic carbocycles. The van der Waals surface area contributed by atoms with E-state index in [0.717, 1.165) is 38.5 Å². The van der Waals surface area contributed by atoms with Gasteiger partial charge >= 0.3 is 5.97 Å². The molecule has 0 saturated heterocycles. The van der Waals surface area contributed by atoms with Crippen molar-refractivity contribution in [3.05, 3.63) is 23.3 Å². The number of Topliss-reactive ketones (excluding diaryl/α,β-unsaturated/α-hetero) is 1. The van der Waals surface area contributed by atoms with Gasteiger partial charge in [0.1, 0.15) is 11.2 Å². The summed E-state index contributed by atoms with van der Waals surface area (Å²) in [7, 11) is -1.54. The molecule has 2 bridgehead atoms. The third kappa shape index (κ3) is 3.02.